The van der Waals surface area contributed by atoms with Gasteiger partial charge in [-0.05, 0) is 12.1 Å². The minimum absolute atomic E-state index is 0.179. The van der Waals surface area contributed by atoms with E-state index in [1.165, 1.54) is 19.2 Å². The lowest BCUT2D eigenvalue weighted by Gasteiger charge is -2.10. The summed E-state index contributed by atoms with van der Waals surface area (Å²) >= 11 is 5.87. The minimum atomic E-state index is -0.455. The molecule has 0 bridgehead atoms. The molecule has 1 aromatic rings. The van der Waals surface area contributed by atoms with Crippen LogP contribution in [-0.4, -0.2) is 13.1 Å². The van der Waals surface area contributed by atoms with E-state index < -0.39 is 6.03 Å². The number of hydrazine groups is 1. The maximum absolute atomic E-state index is 10.9. The number of nitriles is 2. The molecule has 1 aromatic carbocycles. The first-order valence-electron chi connectivity index (χ1n) is 4.50. The van der Waals surface area contributed by atoms with E-state index in [1.54, 1.807) is 0 Å². The Bertz CT molecular complexity index is 529. The predicted octanol–water partition coefficient (Wildman–Crippen LogP) is 1.34. The van der Waals surface area contributed by atoms with Gasteiger partial charge in [0.1, 0.15) is 12.1 Å². The van der Waals surface area contributed by atoms with Gasteiger partial charge in [-0.1, -0.05) is 11.6 Å². The molecule has 1 rings (SSSR count). The lowest BCUT2D eigenvalue weighted by atomic mass is 10.1. The first kappa shape index (κ1) is 12.6. The molecule has 0 spiro atoms. The first-order chi connectivity index (χ1) is 8.12. The van der Waals surface area contributed by atoms with Crippen LogP contribution in [0.1, 0.15) is 11.1 Å². The van der Waals surface area contributed by atoms with Crippen molar-refractivity contribution in [3.63, 3.8) is 0 Å². The Morgan fingerprint density at radius 2 is 1.88 bits per heavy atom. The van der Waals surface area contributed by atoms with E-state index in [1.807, 2.05) is 12.1 Å². The SMILES string of the molecule is CNC(=O)NNc1cc(C#N)c(C#N)cc1Cl. The third-order valence-corrected chi connectivity index (χ3v) is 2.20. The molecule has 0 aliphatic heterocycles. The van der Waals surface area contributed by atoms with Crippen molar-refractivity contribution in [2.45, 2.75) is 0 Å². The van der Waals surface area contributed by atoms with Crippen molar-refractivity contribution in [2.75, 3.05) is 12.5 Å². The molecule has 0 saturated carbocycles. The van der Waals surface area contributed by atoms with Crippen molar-refractivity contribution < 1.29 is 4.79 Å². The normalized spacial score (nSPS) is 8.71. The van der Waals surface area contributed by atoms with Crippen molar-refractivity contribution in [3.05, 3.63) is 28.3 Å². The van der Waals surface area contributed by atoms with Gasteiger partial charge >= 0.3 is 6.03 Å². The summed E-state index contributed by atoms with van der Waals surface area (Å²) in [6.07, 6.45) is 0. The van der Waals surface area contributed by atoms with Gasteiger partial charge in [-0.3, -0.25) is 10.9 Å². The standard InChI is InChI=1S/C10H8ClN5O/c1-14-10(17)16-15-9-3-7(5-13)6(4-12)2-8(9)11/h2-3,15H,1H3,(H2,14,16,17). The largest absolute Gasteiger partial charge is 0.340 e. The Hall–Kier alpha value is -2.44. The number of urea groups is 1. The van der Waals surface area contributed by atoms with Gasteiger partial charge in [0.2, 0.25) is 0 Å². The monoisotopic (exact) mass is 249 g/mol. The summed E-state index contributed by atoms with van der Waals surface area (Å²) < 4.78 is 0. The maximum atomic E-state index is 10.9. The number of nitrogens with zero attached hydrogens (tertiary/aromatic N) is 2. The zero-order valence-corrected chi connectivity index (χ0v) is 9.59. The third kappa shape index (κ3) is 3.00. The second-order valence-corrected chi connectivity index (χ2v) is 3.34. The summed E-state index contributed by atoms with van der Waals surface area (Å²) in [5.74, 6) is 0. The summed E-state index contributed by atoms with van der Waals surface area (Å²) in [7, 11) is 1.46. The molecule has 7 heteroatoms. The predicted molar refractivity (Wildman–Crippen MR) is 62.1 cm³/mol. The molecule has 86 valence electrons. The van der Waals surface area contributed by atoms with Crippen molar-refractivity contribution in [1.82, 2.24) is 10.7 Å². The molecule has 6 nitrogen and oxygen atoms in total. The zero-order valence-electron chi connectivity index (χ0n) is 8.84. The highest BCUT2D eigenvalue weighted by Crippen LogP contribution is 2.25. The molecular weight excluding hydrogens is 242 g/mol. The Kier molecular flexibility index (Phi) is 4.15. The molecule has 0 aliphatic carbocycles. The summed E-state index contributed by atoms with van der Waals surface area (Å²) in [4.78, 5) is 10.9. The lowest BCUT2D eigenvalue weighted by molar-refractivity contribution is 0.245. The van der Waals surface area contributed by atoms with E-state index in [-0.39, 0.29) is 16.1 Å². The summed E-state index contributed by atoms with van der Waals surface area (Å²) in [6.45, 7) is 0. The fourth-order valence-corrected chi connectivity index (χ4v) is 1.25. The smallest absolute Gasteiger partial charge is 0.333 e. The molecule has 0 heterocycles. The maximum Gasteiger partial charge on any atom is 0.333 e. The van der Waals surface area contributed by atoms with Gasteiger partial charge in [-0.25, -0.2) is 4.79 Å². The molecule has 0 radical (unpaired) electrons. The number of amides is 2. The molecule has 0 aromatic heterocycles. The molecular formula is C10H8ClN5O. The summed E-state index contributed by atoms with van der Waals surface area (Å²) in [5, 5.41) is 20.1. The van der Waals surface area contributed by atoms with Gasteiger partial charge in [0.15, 0.2) is 0 Å². The lowest BCUT2D eigenvalue weighted by Crippen LogP contribution is -2.36. The average Bonchev–Trinajstić information content (AvgIpc) is 2.36. The van der Waals surface area contributed by atoms with Gasteiger partial charge in [-0.15, -0.1) is 0 Å². The van der Waals surface area contributed by atoms with Crippen LogP contribution < -0.4 is 16.2 Å². The highest BCUT2D eigenvalue weighted by Gasteiger charge is 2.08. The first-order valence-corrected chi connectivity index (χ1v) is 4.87. The zero-order chi connectivity index (χ0) is 12.8. The summed E-state index contributed by atoms with van der Waals surface area (Å²) in [6, 6.07) is 6.01. The molecule has 0 atom stereocenters. The van der Waals surface area contributed by atoms with Crippen LogP contribution in [0.4, 0.5) is 10.5 Å². The highest BCUT2D eigenvalue weighted by molar-refractivity contribution is 6.33. The molecule has 2 amide bonds. The average molecular weight is 250 g/mol. The van der Waals surface area contributed by atoms with Crippen molar-refractivity contribution in [2.24, 2.45) is 0 Å². The number of nitrogens with one attached hydrogen (secondary N) is 3. The number of benzene rings is 1. The number of rotatable bonds is 2. The van der Waals surface area contributed by atoms with E-state index >= 15 is 0 Å². The highest BCUT2D eigenvalue weighted by atomic mass is 35.5. The van der Waals surface area contributed by atoms with E-state index in [4.69, 9.17) is 22.1 Å². The van der Waals surface area contributed by atoms with E-state index in [2.05, 4.69) is 16.2 Å². The molecule has 0 fully saturated rings. The number of carbonyl (C=O) groups excluding carboxylic acids is 1. The number of hydrogen-bond acceptors (Lipinski definition) is 4. The van der Waals surface area contributed by atoms with Crippen LogP contribution in [-0.2, 0) is 0 Å². The topological polar surface area (TPSA) is 101 Å². The molecule has 0 saturated heterocycles. The van der Waals surface area contributed by atoms with E-state index in [9.17, 15) is 4.79 Å². The van der Waals surface area contributed by atoms with E-state index in [0.717, 1.165) is 0 Å². The quantitative estimate of drug-likeness (QED) is 0.689. The molecule has 17 heavy (non-hydrogen) atoms. The Morgan fingerprint density at radius 3 is 2.41 bits per heavy atom. The fourth-order valence-electron chi connectivity index (χ4n) is 1.04. The van der Waals surface area contributed by atoms with Gasteiger partial charge in [0, 0.05) is 7.05 Å². The second kappa shape index (κ2) is 5.59. The van der Waals surface area contributed by atoms with Crippen molar-refractivity contribution >= 4 is 23.3 Å². The van der Waals surface area contributed by atoms with Gasteiger partial charge in [-0.2, -0.15) is 10.5 Å². The summed E-state index contributed by atoms with van der Waals surface area (Å²) in [5.41, 5.74) is 5.54. The van der Waals surface area contributed by atoms with Crippen LogP contribution in [0.25, 0.3) is 0 Å². The van der Waals surface area contributed by atoms with Crippen molar-refractivity contribution in [1.29, 1.82) is 10.5 Å². The number of hydrogen-bond donors (Lipinski definition) is 3. The minimum Gasteiger partial charge on any atom is -0.340 e. The molecule has 3 N–H and O–H groups in total. The Morgan fingerprint density at radius 1 is 1.29 bits per heavy atom. The second-order valence-electron chi connectivity index (χ2n) is 2.93. The van der Waals surface area contributed by atoms with Crippen LogP contribution >= 0.6 is 11.6 Å². The number of anilines is 1. The Balaban J connectivity index is 2.99. The van der Waals surface area contributed by atoms with Gasteiger partial charge in [0.05, 0.1) is 21.8 Å². The van der Waals surface area contributed by atoms with Crippen LogP contribution in [0.5, 0.6) is 0 Å². The third-order valence-electron chi connectivity index (χ3n) is 1.89. The molecule has 0 aliphatic rings. The molecule has 0 unspecified atom stereocenters. The Labute approximate surface area is 103 Å². The van der Waals surface area contributed by atoms with Crippen LogP contribution in [0.3, 0.4) is 0 Å². The van der Waals surface area contributed by atoms with Crippen LogP contribution in [0.2, 0.25) is 5.02 Å². The van der Waals surface area contributed by atoms with Gasteiger partial charge in [0.25, 0.3) is 0 Å². The van der Waals surface area contributed by atoms with Gasteiger partial charge < -0.3 is 5.32 Å². The number of halogens is 1. The number of carbonyl (C=O) groups is 1. The van der Waals surface area contributed by atoms with Crippen molar-refractivity contribution in [3.8, 4) is 12.1 Å². The fraction of sp³-hybridized carbons (Fsp3) is 0.100. The van der Waals surface area contributed by atoms with E-state index in [0.29, 0.717) is 5.69 Å². The van der Waals surface area contributed by atoms with Crippen LogP contribution in [0, 0.1) is 22.7 Å². The van der Waals surface area contributed by atoms with Crippen LogP contribution in [0.15, 0.2) is 12.1 Å².